The molecule has 1 aromatic carbocycles. The van der Waals surface area contributed by atoms with Crippen LogP contribution in [0.2, 0.25) is 0 Å². The number of nitrogens with one attached hydrogen (secondary N) is 3. The smallest absolute Gasteiger partial charge is 0.415 e. The van der Waals surface area contributed by atoms with Crippen LogP contribution in [0, 0.1) is 0 Å². The Hall–Kier alpha value is -4.26. The number of nitrogens with zero attached hydrogens (tertiary/aromatic N) is 3. The number of fused-ring (bicyclic) bond motifs is 1. The average Bonchev–Trinajstić information content (AvgIpc) is 3.39. The summed E-state index contributed by atoms with van der Waals surface area (Å²) in [7, 11) is 0. The Morgan fingerprint density at radius 2 is 2.02 bits per heavy atom. The van der Waals surface area contributed by atoms with Crippen LogP contribution in [-0.2, 0) is 20.8 Å². The predicted octanol–water partition coefficient (Wildman–Crippen LogP) is 2.35. The molecule has 0 saturated carbocycles. The largest absolute Gasteiger partial charge is 0.480 e. The van der Waals surface area contributed by atoms with Gasteiger partial charge in [-0.05, 0) is 42.8 Å². The fourth-order valence-corrected chi connectivity index (χ4v) is 4.87. The first-order valence-corrected chi connectivity index (χ1v) is 13.7. The fourth-order valence-electron chi connectivity index (χ4n) is 4.87. The number of aromatic nitrogens is 2. The number of anilines is 2. The van der Waals surface area contributed by atoms with Gasteiger partial charge in [-0.1, -0.05) is 24.3 Å². The summed E-state index contributed by atoms with van der Waals surface area (Å²) < 4.78 is 22.3. The Kier molecular flexibility index (Phi) is 8.21. The molecule has 12 heteroatoms. The maximum absolute atomic E-state index is 12.5. The molecule has 0 aliphatic carbocycles. The summed E-state index contributed by atoms with van der Waals surface area (Å²) in [4.78, 5) is 34.6. The second-order valence-corrected chi connectivity index (χ2v) is 10.0. The van der Waals surface area contributed by atoms with Gasteiger partial charge in [-0.2, -0.15) is 0 Å². The Morgan fingerprint density at radius 1 is 1.10 bits per heavy atom. The van der Waals surface area contributed by atoms with Crippen molar-refractivity contribution in [3.63, 3.8) is 0 Å². The first kappa shape index (κ1) is 26.9. The highest BCUT2D eigenvalue weighted by atomic mass is 16.6. The first-order valence-electron chi connectivity index (χ1n) is 13.7. The van der Waals surface area contributed by atoms with E-state index in [9.17, 15) is 9.59 Å². The summed E-state index contributed by atoms with van der Waals surface area (Å²) in [6, 6.07) is 17.5. The topological polar surface area (TPSA) is 136 Å². The fraction of sp³-hybridized carbons (Fsp3) is 0.379. The number of hydrogen-bond donors (Lipinski definition) is 3. The molecular formula is C29H32N6O6. The minimum Gasteiger partial charge on any atom is -0.480 e. The first-order chi connectivity index (χ1) is 20.1. The monoisotopic (exact) mass is 560 g/mol. The molecule has 0 radical (unpaired) electrons. The summed E-state index contributed by atoms with van der Waals surface area (Å²) in [6.07, 6.45) is -0.0817. The molecule has 6 rings (SSSR count). The van der Waals surface area contributed by atoms with E-state index in [1.807, 2.05) is 30.3 Å². The molecule has 5 heterocycles. The van der Waals surface area contributed by atoms with Gasteiger partial charge >= 0.3 is 6.09 Å². The van der Waals surface area contributed by atoms with Crippen LogP contribution in [0.15, 0.2) is 54.6 Å². The van der Waals surface area contributed by atoms with Gasteiger partial charge in [0.1, 0.15) is 18.5 Å². The van der Waals surface area contributed by atoms with Crippen LogP contribution >= 0.6 is 0 Å². The van der Waals surface area contributed by atoms with Crippen LogP contribution in [0.4, 0.5) is 16.4 Å². The zero-order chi connectivity index (χ0) is 28.0. The van der Waals surface area contributed by atoms with E-state index < -0.39 is 6.09 Å². The second-order valence-electron chi connectivity index (χ2n) is 10.0. The van der Waals surface area contributed by atoms with E-state index in [2.05, 4.69) is 38.1 Å². The molecular weight excluding hydrogens is 528 g/mol. The number of rotatable bonds is 10. The lowest BCUT2D eigenvalue weighted by atomic mass is 10.1. The zero-order valence-electron chi connectivity index (χ0n) is 22.5. The molecule has 41 heavy (non-hydrogen) atoms. The van der Waals surface area contributed by atoms with Gasteiger partial charge in [-0.3, -0.25) is 9.69 Å². The van der Waals surface area contributed by atoms with Gasteiger partial charge in [0.05, 0.1) is 31.5 Å². The van der Waals surface area contributed by atoms with Crippen LogP contribution in [0.5, 0.6) is 11.6 Å². The quantitative estimate of drug-likeness (QED) is 0.317. The SMILES string of the molecule is O=C1COc2ccc(N3C[C@H](CCNCc4cccc(-c5cccc(OCC6COCCN6)n5)c4)OC3=O)nc2N1. The summed E-state index contributed by atoms with van der Waals surface area (Å²) in [6.45, 7) is 4.36. The zero-order valence-corrected chi connectivity index (χ0v) is 22.5. The number of carbonyl (C=O) groups excluding carboxylic acids is 2. The number of pyridine rings is 2. The number of benzene rings is 1. The molecule has 0 spiro atoms. The molecule has 214 valence electrons. The molecule has 1 unspecified atom stereocenters. The van der Waals surface area contributed by atoms with Crippen molar-refractivity contribution in [3.05, 3.63) is 60.2 Å². The minimum atomic E-state index is -0.458. The van der Waals surface area contributed by atoms with E-state index in [1.54, 1.807) is 12.1 Å². The maximum Gasteiger partial charge on any atom is 0.415 e. The second kappa shape index (κ2) is 12.5. The van der Waals surface area contributed by atoms with Gasteiger partial charge in [0.15, 0.2) is 18.2 Å². The molecule has 12 nitrogen and oxygen atoms in total. The van der Waals surface area contributed by atoms with E-state index in [4.69, 9.17) is 18.9 Å². The lowest BCUT2D eigenvalue weighted by molar-refractivity contribution is -0.118. The van der Waals surface area contributed by atoms with Gasteiger partial charge in [-0.25, -0.2) is 14.8 Å². The Balaban J connectivity index is 0.981. The third-order valence-corrected chi connectivity index (χ3v) is 6.96. The lowest BCUT2D eigenvalue weighted by Gasteiger charge is -2.23. The molecule has 2 fully saturated rings. The predicted molar refractivity (Wildman–Crippen MR) is 150 cm³/mol. The van der Waals surface area contributed by atoms with Crippen molar-refractivity contribution in [1.29, 1.82) is 0 Å². The van der Waals surface area contributed by atoms with Crippen LogP contribution < -0.4 is 30.3 Å². The van der Waals surface area contributed by atoms with Gasteiger partial charge in [0, 0.05) is 24.7 Å². The van der Waals surface area contributed by atoms with Crippen LogP contribution in [0.1, 0.15) is 12.0 Å². The van der Waals surface area contributed by atoms with E-state index in [1.165, 1.54) is 4.90 Å². The average molecular weight is 561 g/mol. The van der Waals surface area contributed by atoms with Gasteiger partial charge in [-0.15, -0.1) is 0 Å². The Labute approximate surface area is 237 Å². The van der Waals surface area contributed by atoms with Crippen molar-refractivity contribution in [2.24, 2.45) is 0 Å². The normalized spacial score (nSPS) is 20.1. The molecule has 0 bridgehead atoms. The third kappa shape index (κ3) is 6.73. The highest BCUT2D eigenvalue weighted by Gasteiger charge is 2.33. The minimum absolute atomic E-state index is 0.0485. The van der Waals surface area contributed by atoms with Gasteiger partial charge < -0.3 is 34.9 Å². The molecule has 2 aromatic heterocycles. The lowest BCUT2D eigenvalue weighted by Crippen LogP contribution is -2.44. The molecule has 2 saturated heterocycles. The van der Waals surface area contributed by atoms with Crippen LogP contribution in [0.25, 0.3) is 11.3 Å². The van der Waals surface area contributed by atoms with Crippen molar-refractivity contribution in [2.45, 2.75) is 25.1 Å². The van der Waals surface area contributed by atoms with Crippen LogP contribution in [-0.4, -0.2) is 80.2 Å². The van der Waals surface area contributed by atoms with Crippen molar-refractivity contribution in [3.8, 4) is 22.9 Å². The number of morpholine rings is 1. The summed E-state index contributed by atoms with van der Waals surface area (Å²) >= 11 is 0. The Bertz CT molecular complexity index is 1400. The maximum atomic E-state index is 12.5. The van der Waals surface area contributed by atoms with Gasteiger partial charge in [0.25, 0.3) is 5.91 Å². The van der Waals surface area contributed by atoms with Crippen molar-refractivity contribution in [2.75, 3.05) is 56.3 Å². The standard InChI is InChI=1S/C29H32N6O6/c36-26-18-39-24-7-8-25(33-28(24)34-26)35-15-22(41-29(35)37)9-10-30-14-19-3-1-4-20(13-19)23-5-2-6-27(32-23)40-17-21-16-38-12-11-31-21/h1-8,13,21-22,30-31H,9-12,14-18H2,(H,33,34,36)/t21?,22-/m0/s1. The molecule has 3 aliphatic rings. The van der Waals surface area contributed by atoms with Crippen molar-refractivity contribution >= 4 is 23.6 Å². The summed E-state index contributed by atoms with van der Waals surface area (Å²) in [5.41, 5.74) is 2.97. The number of carbonyl (C=O) groups is 2. The summed E-state index contributed by atoms with van der Waals surface area (Å²) in [5.74, 6) is 1.50. The van der Waals surface area contributed by atoms with Gasteiger partial charge in [0.2, 0.25) is 5.88 Å². The highest BCUT2D eigenvalue weighted by Crippen LogP contribution is 2.30. The van der Waals surface area contributed by atoms with Crippen molar-refractivity contribution < 1.29 is 28.5 Å². The third-order valence-electron chi connectivity index (χ3n) is 6.96. The number of cyclic esters (lactones) is 1. The number of hydrogen-bond acceptors (Lipinski definition) is 10. The van der Waals surface area contributed by atoms with E-state index in [-0.39, 0.29) is 24.7 Å². The number of amides is 2. The molecule has 2 atom stereocenters. The molecule has 3 N–H and O–H groups in total. The van der Waals surface area contributed by atoms with E-state index >= 15 is 0 Å². The summed E-state index contributed by atoms with van der Waals surface area (Å²) in [5, 5.41) is 9.48. The molecule has 3 aliphatic heterocycles. The Morgan fingerprint density at radius 3 is 2.93 bits per heavy atom. The highest BCUT2D eigenvalue weighted by molar-refractivity contribution is 5.95. The van der Waals surface area contributed by atoms with Crippen LogP contribution in [0.3, 0.4) is 0 Å². The van der Waals surface area contributed by atoms with E-state index in [0.29, 0.717) is 62.5 Å². The number of ether oxygens (including phenoxy) is 4. The van der Waals surface area contributed by atoms with Crippen molar-refractivity contribution in [1.82, 2.24) is 20.6 Å². The van der Waals surface area contributed by atoms with E-state index in [0.717, 1.165) is 30.0 Å². The molecule has 3 aromatic rings. The molecule has 2 amide bonds.